The average Bonchev–Trinajstić information content (AvgIpc) is 3.58. The first kappa shape index (κ1) is 24.1. The number of anilines is 1. The number of rotatable bonds is 7. The number of carbonyl (C=O) groups is 1. The molecule has 1 unspecified atom stereocenters. The summed E-state index contributed by atoms with van der Waals surface area (Å²) in [5, 5.41) is 12.6. The summed E-state index contributed by atoms with van der Waals surface area (Å²) in [7, 11) is 0. The van der Waals surface area contributed by atoms with Crippen molar-refractivity contribution in [1.82, 2.24) is 15.2 Å². The van der Waals surface area contributed by atoms with Gasteiger partial charge in [-0.05, 0) is 43.0 Å². The van der Waals surface area contributed by atoms with Gasteiger partial charge >= 0.3 is 0 Å². The second-order valence-electron chi connectivity index (χ2n) is 9.48. The summed E-state index contributed by atoms with van der Waals surface area (Å²) in [6, 6.07) is 14.0. The number of carbonyl (C=O) groups excluding carboxylic acids is 1. The smallest absolute Gasteiger partial charge is 0.266 e. The van der Waals surface area contributed by atoms with E-state index in [-0.39, 0.29) is 29.5 Å². The van der Waals surface area contributed by atoms with Gasteiger partial charge in [-0.3, -0.25) is 9.69 Å². The molecule has 3 aromatic rings. The zero-order valence-corrected chi connectivity index (χ0v) is 20.5. The van der Waals surface area contributed by atoms with Crippen molar-refractivity contribution in [2.75, 3.05) is 37.7 Å². The van der Waals surface area contributed by atoms with Crippen molar-refractivity contribution in [2.45, 2.75) is 39.0 Å². The van der Waals surface area contributed by atoms with E-state index in [1.807, 2.05) is 4.90 Å². The van der Waals surface area contributed by atoms with Crippen LogP contribution in [0.2, 0.25) is 0 Å². The minimum Gasteiger partial charge on any atom is -0.459 e. The number of oxazole rings is 1. The largest absolute Gasteiger partial charge is 0.459 e. The Morgan fingerprint density at radius 2 is 2.03 bits per heavy atom. The third-order valence-corrected chi connectivity index (χ3v) is 6.79. The van der Waals surface area contributed by atoms with Crippen LogP contribution < -0.4 is 10.2 Å². The maximum atomic E-state index is 12.9. The molecule has 2 aromatic heterocycles. The van der Waals surface area contributed by atoms with Gasteiger partial charge in [-0.25, -0.2) is 0 Å². The third kappa shape index (κ3) is 5.61. The van der Waals surface area contributed by atoms with Gasteiger partial charge in [0.25, 0.3) is 5.89 Å². The number of ether oxygens (including phenoxy) is 1. The van der Waals surface area contributed by atoms with Crippen molar-refractivity contribution in [1.29, 1.82) is 5.26 Å². The fourth-order valence-electron chi connectivity index (χ4n) is 4.91. The number of nitrogens with one attached hydrogen (secondary N) is 1. The fraction of sp³-hybridized carbons (Fsp3) is 0.444. The molecule has 1 amide bonds. The van der Waals surface area contributed by atoms with E-state index in [4.69, 9.17) is 13.6 Å². The number of furan rings is 1. The minimum absolute atomic E-state index is 0.0661. The molecule has 9 nitrogen and oxygen atoms in total. The van der Waals surface area contributed by atoms with E-state index in [9.17, 15) is 10.1 Å². The minimum atomic E-state index is -0.0720. The highest BCUT2D eigenvalue weighted by Gasteiger charge is 2.29. The van der Waals surface area contributed by atoms with Crippen LogP contribution in [0.25, 0.3) is 11.7 Å². The first-order valence-electron chi connectivity index (χ1n) is 12.5. The summed E-state index contributed by atoms with van der Waals surface area (Å²) in [5.74, 6) is 1.20. The van der Waals surface area contributed by atoms with E-state index in [1.165, 1.54) is 11.8 Å². The third-order valence-electron chi connectivity index (χ3n) is 6.79. The van der Waals surface area contributed by atoms with Gasteiger partial charge in [-0.15, -0.1) is 0 Å². The van der Waals surface area contributed by atoms with Gasteiger partial charge in [-0.2, -0.15) is 10.2 Å². The van der Waals surface area contributed by atoms with Crippen LogP contribution in [0.4, 0.5) is 5.88 Å². The average molecular weight is 490 g/mol. The molecule has 1 aromatic carbocycles. The van der Waals surface area contributed by atoms with E-state index in [2.05, 4.69) is 52.5 Å². The van der Waals surface area contributed by atoms with Crippen LogP contribution in [-0.2, 0) is 22.6 Å². The molecule has 0 aliphatic carbocycles. The van der Waals surface area contributed by atoms with Crippen molar-refractivity contribution in [3.05, 3.63) is 59.5 Å². The lowest BCUT2D eigenvalue weighted by Gasteiger charge is -2.31. The molecule has 188 valence electrons. The van der Waals surface area contributed by atoms with Gasteiger partial charge in [0.2, 0.25) is 17.5 Å². The van der Waals surface area contributed by atoms with Crippen molar-refractivity contribution in [2.24, 2.45) is 5.92 Å². The van der Waals surface area contributed by atoms with Crippen LogP contribution in [-0.4, -0.2) is 54.7 Å². The Morgan fingerprint density at radius 1 is 1.19 bits per heavy atom. The molecule has 2 saturated heterocycles. The number of amides is 1. The van der Waals surface area contributed by atoms with Crippen LogP contribution in [0.1, 0.15) is 36.6 Å². The Hall–Kier alpha value is -3.61. The SMILES string of the molecule is CC1CN(Cc2cccc(CNC(=O)C3CCN(c4oc(-c5ccco5)nc4C#N)CC3)c2)CCO1. The lowest BCUT2D eigenvalue weighted by Crippen LogP contribution is -2.40. The summed E-state index contributed by atoms with van der Waals surface area (Å²) in [5.41, 5.74) is 2.58. The van der Waals surface area contributed by atoms with Crippen molar-refractivity contribution in [3.63, 3.8) is 0 Å². The van der Waals surface area contributed by atoms with Gasteiger partial charge in [0.1, 0.15) is 6.07 Å². The standard InChI is InChI=1S/C27H31N5O4/c1-19-17-31(11-13-34-19)18-21-5-2-4-20(14-21)16-29-25(33)22-7-9-32(10-8-22)27-23(15-28)30-26(36-27)24-6-3-12-35-24/h2-6,12,14,19,22H,7-11,13,16-18H2,1H3,(H,29,33). The molecule has 5 rings (SSSR count). The zero-order valence-electron chi connectivity index (χ0n) is 20.5. The van der Waals surface area contributed by atoms with Crippen LogP contribution >= 0.6 is 0 Å². The topological polar surface area (TPSA) is 108 Å². The maximum absolute atomic E-state index is 12.9. The highest BCUT2D eigenvalue weighted by molar-refractivity contribution is 5.79. The van der Waals surface area contributed by atoms with Crippen LogP contribution in [0.5, 0.6) is 0 Å². The Balaban J connectivity index is 1.12. The molecular weight excluding hydrogens is 458 g/mol. The Bertz CT molecular complexity index is 1210. The number of hydrogen-bond acceptors (Lipinski definition) is 8. The summed E-state index contributed by atoms with van der Waals surface area (Å²) in [4.78, 5) is 21.5. The molecule has 1 N–H and O–H groups in total. The summed E-state index contributed by atoms with van der Waals surface area (Å²) >= 11 is 0. The predicted molar refractivity (Wildman–Crippen MR) is 133 cm³/mol. The van der Waals surface area contributed by atoms with Gasteiger partial charge in [0.05, 0.1) is 19.0 Å². The van der Waals surface area contributed by atoms with Crippen LogP contribution in [0, 0.1) is 17.2 Å². The quantitative estimate of drug-likeness (QED) is 0.537. The second kappa shape index (κ2) is 11.0. The molecule has 0 saturated carbocycles. The normalized spacial score (nSPS) is 19.2. The number of benzene rings is 1. The number of morpholine rings is 1. The number of hydrogen-bond donors (Lipinski definition) is 1. The number of nitrogens with zero attached hydrogens (tertiary/aromatic N) is 4. The van der Waals surface area contributed by atoms with Gasteiger partial charge in [0, 0.05) is 45.2 Å². The maximum Gasteiger partial charge on any atom is 0.266 e. The Labute approximate surface area is 210 Å². The molecule has 9 heteroatoms. The molecule has 0 bridgehead atoms. The van der Waals surface area contributed by atoms with Crippen LogP contribution in [0.3, 0.4) is 0 Å². The first-order chi connectivity index (χ1) is 17.6. The molecule has 2 fully saturated rings. The lowest BCUT2D eigenvalue weighted by atomic mass is 9.95. The molecule has 1 atom stereocenters. The molecular formula is C27H31N5O4. The van der Waals surface area contributed by atoms with Gasteiger partial charge in [0.15, 0.2) is 5.76 Å². The molecule has 0 radical (unpaired) electrons. The first-order valence-corrected chi connectivity index (χ1v) is 12.5. The van der Waals surface area contributed by atoms with Crippen molar-refractivity contribution >= 4 is 11.8 Å². The fourth-order valence-corrected chi connectivity index (χ4v) is 4.91. The Kier molecular flexibility index (Phi) is 7.35. The van der Waals surface area contributed by atoms with E-state index in [0.29, 0.717) is 44.1 Å². The second-order valence-corrected chi connectivity index (χ2v) is 9.48. The van der Waals surface area contributed by atoms with E-state index in [1.54, 1.807) is 12.1 Å². The predicted octanol–water partition coefficient (Wildman–Crippen LogP) is 3.56. The number of aromatic nitrogens is 1. The van der Waals surface area contributed by atoms with Gasteiger partial charge < -0.3 is 23.8 Å². The monoisotopic (exact) mass is 489 g/mol. The highest BCUT2D eigenvalue weighted by atomic mass is 16.5. The summed E-state index contributed by atoms with van der Waals surface area (Å²) in [6.07, 6.45) is 3.17. The Morgan fingerprint density at radius 3 is 2.78 bits per heavy atom. The highest BCUT2D eigenvalue weighted by Crippen LogP contribution is 2.31. The summed E-state index contributed by atoms with van der Waals surface area (Å²) in [6.45, 7) is 7.40. The molecule has 2 aliphatic rings. The molecule has 4 heterocycles. The molecule has 0 spiro atoms. The van der Waals surface area contributed by atoms with E-state index >= 15 is 0 Å². The summed E-state index contributed by atoms with van der Waals surface area (Å²) < 4.78 is 16.8. The number of nitriles is 1. The van der Waals surface area contributed by atoms with E-state index in [0.717, 1.165) is 31.8 Å². The zero-order chi connectivity index (χ0) is 24.9. The van der Waals surface area contributed by atoms with Crippen molar-refractivity contribution in [3.8, 4) is 17.7 Å². The number of piperidine rings is 1. The van der Waals surface area contributed by atoms with Crippen LogP contribution in [0.15, 0.2) is 51.5 Å². The van der Waals surface area contributed by atoms with Crippen molar-refractivity contribution < 1.29 is 18.4 Å². The molecule has 36 heavy (non-hydrogen) atoms. The lowest BCUT2D eigenvalue weighted by molar-refractivity contribution is -0.125. The van der Waals surface area contributed by atoms with E-state index < -0.39 is 0 Å². The molecule has 2 aliphatic heterocycles. The van der Waals surface area contributed by atoms with Gasteiger partial charge in [-0.1, -0.05) is 24.3 Å².